The maximum Gasteiger partial charge on any atom is 0.250 e. The molecule has 0 spiro atoms. The predicted molar refractivity (Wildman–Crippen MR) is 53.8 cm³/mol. The number of fused-ring (bicyclic) bond motifs is 3. The van der Waals surface area contributed by atoms with Crippen molar-refractivity contribution in [1.82, 2.24) is 5.10 Å². The van der Waals surface area contributed by atoms with Gasteiger partial charge in [-0.25, -0.2) is 0 Å². The number of aromatic amines is 1. The van der Waals surface area contributed by atoms with Crippen LogP contribution < -0.4 is 9.25 Å². The SMILES string of the molecule is Cc1[nH][n+]2ccc3c(c2c1CO)CCO3. The topological polar surface area (TPSA) is 49.4 Å². The summed E-state index contributed by atoms with van der Waals surface area (Å²) in [5.41, 5.74) is 4.26. The highest BCUT2D eigenvalue weighted by molar-refractivity contribution is 5.62. The van der Waals surface area contributed by atoms with Gasteiger partial charge in [-0.1, -0.05) is 4.52 Å². The van der Waals surface area contributed by atoms with E-state index in [9.17, 15) is 5.11 Å². The van der Waals surface area contributed by atoms with E-state index in [0.717, 1.165) is 35.6 Å². The van der Waals surface area contributed by atoms with Gasteiger partial charge in [0.2, 0.25) is 11.7 Å². The summed E-state index contributed by atoms with van der Waals surface area (Å²) < 4.78 is 7.46. The minimum atomic E-state index is 0.0648. The smallest absolute Gasteiger partial charge is 0.250 e. The third-order valence-electron chi connectivity index (χ3n) is 2.99. The van der Waals surface area contributed by atoms with Crippen molar-refractivity contribution >= 4 is 5.52 Å². The molecule has 0 saturated carbocycles. The number of aliphatic hydroxyl groups excluding tert-OH is 1. The first-order chi connectivity index (χ1) is 7.31. The molecule has 4 heteroatoms. The molecule has 0 saturated heterocycles. The van der Waals surface area contributed by atoms with Crippen LogP contribution in [-0.4, -0.2) is 16.8 Å². The number of hydrogen-bond donors (Lipinski definition) is 2. The van der Waals surface area contributed by atoms with Crippen molar-refractivity contribution in [2.24, 2.45) is 0 Å². The van der Waals surface area contributed by atoms with Crippen LogP contribution >= 0.6 is 0 Å². The van der Waals surface area contributed by atoms with Crippen LogP contribution in [0.2, 0.25) is 0 Å². The number of H-pyrrole nitrogens is 1. The van der Waals surface area contributed by atoms with Crippen LogP contribution in [-0.2, 0) is 13.0 Å². The fraction of sp³-hybridized carbons (Fsp3) is 0.364. The van der Waals surface area contributed by atoms with E-state index in [1.54, 1.807) is 0 Å². The highest BCUT2D eigenvalue weighted by Crippen LogP contribution is 2.29. The fourth-order valence-corrected chi connectivity index (χ4v) is 2.26. The Kier molecular flexibility index (Phi) is 1.73. The van der Waals surface area contributed by atoms with Gasteiger partial charge in [-0.15, -0.1) is 0 Å². The number of rotatable bonds is 1. The lowest BCUT2D eigenvalue weighted by Crippen LogP contribution is -2.23. The number of pyridine rings is 1. The van der Waals surface area contributed by atoms with Crippen molar-refractivity contribution in [1.29, 1.82) is 0 Å². The molecule has 0 unspecified atom stereocenters. The van der Waals surface area contributed by atoms with Gasteiger partial charge < -0.3 is 9.84 Å². The van der Waals surface area contributed by atoms with Gasteiger partial charge in [0.1, 0.15) is 5.75 Å². The minimum Gasteiger partial charge on any atom is -0.492 e. The van der Waals surface area contributed by atoms with Gasteiger partial charge in [0.15, 0.2) is 0 Å². The molecular weight excluding hydrogens is 192 g/mol. The zero-order valence-corrected chi connectivity index (χ0v) is 8.58. The van der Waals surface area contributed by atoms with Gasteiger partial charge in [0.25, 0.3) is 0 Å². The van der Waals surface area contributed by atoms with Crippen molar-refractivity contribution in [3.8, 4) is 5.75 Å². The van der Waals surface area contributed by atoms with E-state index >= 15 is 0 Å². The molecule has 3 rings (SSSR count). The second kappa shape index (κ2) is 2.97. The molecule has 0 amide bonds. The molecule has 3 heterocycles. The third-order valence-corrected chi connectivity index (χ3v) is 2.99. The first-order valence-corrected chi connectivity index (χ1v) is 5.09. The lowest BCUT2D eigenvalue weighted by molar-refractivity contribution is -0.577. The molecule has 0 bridgehead atoms. The number of aromatic nitrogens is 2. The summed E-state index contributed by atoms with van der Waals surface area (Å²) in [5.74, 6) is 0.948. The molecule has 4 nitrogen and oxygen atoms in total. The van der Waals surface area contributed by atoms with Crippen LogP contribution in [0.4, 0.5) is 0 Å². The van der Waals surface area contributed by atoms with Crippen LogP contribution in [0.25, 0.3) is 5.52 Å². The van der Waals surface area contributed by atoms with Crippen LogP contribution in [0.5, 0.6) is 5.75 Å². The van der Waals surface area contributed by atoms with Crippen LogP contribution in [0.3, 0.4) is 0 Å². The molecule has 78 valence electrons. The summed E-state index contributed by atoms with van der Waals surface area (Å²) in [6.45, 7) is 2.78. The maximum atomic E-state index is 9.36. The Balaban J connectivity index is 2.42. The van der Waals surface area contributed by atoms with Crippen molar-refractivity contribution in [2.45, 2.75) is 20.0 Å². The van der Waals surface area contributed by atoms with Gasteiger partial charge in [0.05, 0.1) is 30.0 Å². The summed E-state index contributed by atoms with van der Waals surface area (Å²) in [5, 5.41) is 12.6. The monoisotopic (exact) mass is 205 g/mol. The van der Waals surface area contributed by atoms with Crippen molar-refractivity contribution < 1.29 is 14.4 Å². The van der Waals surface area contributed by atoms with E-state index in [0.29, 0.717) is 0 Å². The molecule has 0 atom stereocenters. The van der Waals surface area contributed by atoms with Crippen LogP contribution in [0.15, 0.2) is 12.3 Å². The van der Waals surface area contributed by atoms with Crippen molar-refractivity contribution in [2.75, 3.05) is 6.61 Å². The quantitative estimate of drug-likeness (QED) is 0.666. The standard InChI is InChI=1S/C11H12N2O2/c1-7-9(6-14)11-8-3-5-15-10(8)2-4-13(11)12-7/h2,4,14H,3,5-6H2,1H3/p+1. The summed E-state index contributed by atoms with van der Waals surface area (Å²) in [7, 11) is 0. The second-order valence-electron chi connectivity index (χ2n) is 3.85. The molecule has 0 aromatic carbocycles. The van der Waals surface area contributed by atoms with E-state index in [-0.39, 0.29) is 6.61 Å². The predicted octanol–water partition coefficient (Wildman–Crippen LogP) is 0.489. The first kappa shape index (κ1) is 8.73. The average molecular weight is 205 g/mol. The van der Waals surface area contributed by atoms with E-state index < -0.39 is 0 Å². The lowest BCUT2D eigenvalue weighted by Gasteiger charge is -1.95. The molecular formula is C11H13N2O2+. The molecule has 0 aliphatic carbocycles. The number of nitrogens with zero attached hydrogens (tertiary/aromatic N) is 1. The Morgan fingerprint density at radius 1 is 1.60 bits per heavy atom. The highest BCUT2D eigenvalue weighted by atomic mass is 16.5. The number of aliphatic hydroxyl groups is 1. The fourth-order valence-electron chi connectivity index (χ4n) is 2.26. The summed E-state index contributed by atoms with van der Waals surface area (Å²) in [6.07, 6.45) is 2.86. The Morgan fingerprint density at radius 2 is 2.47 bits per heavy atom. The molecule has 2 N–H and O–H groups in total. The zero-order valence-electron chi connectivity index (χ0n) is 8.58. The highest BCUT2D eigenvalue weighted by Gasteiger charge is 2.26. The number of ether oxygens (including phenoxy) is 1. The average Bonchev–Trinajstić information content (AvgIpc) is 2.78. The van der Waals surface area contributed by atoms with Crippen LogP contribution in [0, 0.1) is 6.92 Å². The van der Waals surface area contributed by atoms with Gasteiger partial charge in [-0.3, -0.25) is 0 Å². The minimum absolute atomic E-state index is 0.0648. The summed E-state index contributed by atoms with van der Waals surface area (Å²) >= 11 is 0. The molecule has 0 fully saturated rings. The molecule has 2 aromatic rings. The van der Waals surface area contributed by atoms with Crippen LogP contribution in [0.1, 0.15) is 16.8 Å². The largest absolute Gasteiger partial charge is 0.492 e. The second-order valence-corrected chi connectivity index (χ2v) is 3.85. The third kappa shape index (κ3) is 1.08. The Labute approximate surface area is 87.1 Å². The maximum absolute atomic E-state index is 9.36. The van der Waals surface area contributed by atoms with Crippen molar-refractivity contribution in [3.63, 3.8) is 0 Å². The van der Waals surface area contributed by atoms with E-state index in [4.69, 9.17) is 4.74 Å². The van der Waals surface area contributed by atoms with Crippen molar-refractivity contribution in [3.05, 3.63) is 29.1 Å². The number of nitrogens with one attached hydrogen (secondary N) is 1. The zero-order chi connectivity index (χ0) is 10.4. The Hall–Kier alpha value is -1.55. The molecule has 2 aromatic heterocycles. The molecule has 1 aliphatic rings. The van der Waals surface area contributed by atoms with Gasteiger partial charge >= 0.3 is 0 Å². The lowest BCUT2D eigenvalue weighted by atomic mass is 10.1. The summed E-state index contributed by atoms with van der Waals surface area (Å²) in [6, 6.07) is 1.96. The molecule has 15 heavy (non-hydrogen) atoms. The van der Waals surface area contributed by atoms with E-state index in [1.165, 1.54) is 5.56 Å². The molecule has 1 aliphatic heterocycles. The van der Waals surface area contributed by atoms with E-state index in [2.05, 4.69) is 5.10 Å². The van der Waals surface area contributed by atoms with Gasteiger partial charge in [0, 0.05) is 12.5 Å². The number of hydrogen-bond acceptors (Lipinski definition) is 2. The Bertz CT molecular complexity index is 531. The first-order valence-electron chi connectivity index (χ1n) is 5.09. The van der Waals surface area contributed by atoms with E-state index in [1.807, 2.05) is 23.7 Å². The number of aryl methyl sites for hydroxylation is 1. The molecule has 0 radical (unpaired) electrons. The van der Waals surface area contributed by atoms with Gasteiger partial charge in [-0.05, 0) is 6.92 Å². The summed E-state index contributed by atoms with van der Waals surface area (Å²) in [4.78, 5) is 0. The van der Waals surface area contributed by atoms with Gasteiger partial charge in [-0.2, -0.15) is 5.10 Å². The Morgan fingerprint density at radius 3 is 3.27 bits per heavy atom. The normalized spacial score (nSPS) is 14.3.